The molecule has 0 radical (unpaired) electrons. The van der Waals surface area contributed by atoms with E-state index in [4.69, 9.17) is 19.4 Å². The molecular weight excluding hydrogens is 777 g/mol. The maximum Gasteiger partial charge on any atom is 0.325 e. The Labute approximate surface area is 357 Å². The van der Waals surface area contributed by atoms with Gasteiger partial charge in [0.25, 0.3) is 5.91 Å². The number of cyclic esters (lactones) is 1. The summed E-state index contributed by atoms with van der Waals surface area (Å²) < 4.78 is 14.6. The quantitative estimate of drug-likeness (QED) is 0.214. The molecule has 6 bridgehead atoms. The van der Waals surface area contributed by atoms with E-state index in [1.807, 2.05) is 6.20 Å². The lowest BCUT2D eigenvalue weighted by molar-refractivity contribution is -0.157. The Balaban J connectivity index is 1.17. The van der Waals surface area contributed by atoms with Gasteiger partial charge in [0.05, 0.1) is 46.7 Å². The molecule has 2 aliphatic carbocycles. The van der Waals surface area contributed by atoms with E-state index >= 15 is 0 Å². The number of aromatic nitrogens is 3. The third-order valence-corrected chi connectivity index (χ3v) is 14.6. The number of carbonyl (C=O) groups excluding carboxylic acids is 3. The first-order valence-electron chi connectivity index (χ1n) is 21.9. The van der Waals surface area contributed by atoms with Crippen LogP contribution in [0.15, 0.2) is 35.8 Å². The molecule has 1 aromatic carbocycles. The number of methoxy groups -OCH3 is 1. The van der Waals surface area contributed by atoms with E-state index < -0.39 is 17.5 Å². The third-order valence-electron chi connectivity index (χ3n) is 13.7. The van der Waals surface area contributed by atoms with Gasteiger partial charge in [-0.1, -0.05) is 26.8 Å². The molecule has 9 rings (SSSR count). The molecule has 4 aromatic rings. The van der Waals surface area contributed by atoms with Crippen LogP contribution >= 0.6 is 11.3 Å². The maximum atomic E-state index is 14.4. The molecule has 5 atom stereocenters. The first-order valence-corrected chi connectivity index (χ1v) is 22.7. The van der Waals surface area contributed by atoms with Crippen molar-refractivity contribution in [1.82, 2.24) is 35.2 Å². The Morgan fingerprint density at radius 3 is 2.62 bits per heavy atom. The topological polar surface area (TPSA) is 134 Å². The van der Waals surface area contributed by atoms with Crippen LogP contribution in [0.3, 0.4) is 0 Å². The van der Waals surface area contributed by atoms with Crippen molar-refractivity contribution in [1.29, 1.82) is 0 Å². The predicted molar refractivity (Wildman–Crippen MR) is 233 cm³/mol. The number of hydrazine groups is 1. The minimum Gasteiger partial charge on any atom is -0.464 e. The number of hydrogen-bond donors (Lipinski definition) is 2. The molecule has 0 unspecified atom stereocenters. The van der Waals surface area contributed by atoms with E-state index in [9.17, 15) is 14.4 Å². The van der Waals surface area contributed by atoms with E-state index in [1.165, 1.54) is 11.3 Å². The molecule has 13 nitrogen and oxygen atoms in total. The van der Waals surface area contributed by atoms with Crippen molar-refractivity contribution in [2.24, 2.45) is 22.7 Å². The molecule has 2 amide bonds. The number of thiazole rings is 1. The van der Waals surface area contributed by atoms with E-state index in [-0.39, 0.29) is 48.2 Å². The number of anilines is 1. The minimum absolute atomic E-state index is 0.0899. The molecule has 3 aliphatic heterocycles. The van der Waals surface area contributed by atoms with Crippen molar-refractivity contribution < 1.29 is 23.9 Å². The summed E-state index contributed by atoms with van der Waals surface area (Å²) in [4.78, 5) is 57.0. The summed E-state index contributed by atoms with van der Waals surface area (Å²) in [5.41, 5.74) is 10.8. The predicted octanol–water partition coefficient (Wildman–Crippen LogP) is 6.00. The first-order chi connectivity index (χ1) is 28.7. The second kappa shape index (κ2) is 15.8. The van der Waals surface area contributed by atoms with E-state index in [0.29, 0.717) is 25.3 Å². The minimum atomic E-state index is -0.825. The van der Waals surface area contributed by atoms with Gasteiger partial charge in [-0.15, -0.1) is 11.3 Å². The maximum absolute atomic E-state index is 14.4. The van der Waals surface area contributed by atoms with Gasteiger partial charge in [0, 0.05) is 91.5 Å². The molecule has 14 heteroatoms. The highest BCUT2D eigenvalue weighted by Gasteiger charge is 2.52. The molecule has 2 saturated carbocycles. The summed E-state index contributed by atoms with van der Waals surface area (Å²) in [6.45, 7) is 15.9. The fourth-order valence-corrected chi connectivity index (χ4v) is 10.5. The fourth-order valence-electron chi connectivity index (χ4n) is 9.62. The van der Waals surface area contributed by atoms with Gasteiger partial charge in [0.1, 0.15) is 12.1 Å². The second-order valence-electron chi connectivity index (χ2n) is 19.1. The molecule has 1 spiro atoms. The Morgan fingerprint density at radius 2 is 1.92 bits per heavy atom. The van der Waals surface area contributed by atoms with Crippen molar-refractivity contribution in [2.45, 2.75) is 97.9 Å². The lowest BCUT2D eigenvalue weighted by Crippen LogP contribution is -2.63. The van der Waals surface area contributed by atoms with Crippen LogP contribution in [0, 0.1) is 22.7 Å². The molecular formula is C46H60N8O5S. The SMILES string of the molecule is CCn1c(-c2cc(N3CCN(C)CC3)cnc2[C@H](C)OC)c2c3cc(ccc31)-c1csc(n1)C[C@H](NC(=O)[C@H]1C[C@@H]1C)C(=O)N1CC3(CC3)C[C@H](N1)C(=O)OCC(C)(C)C2. The largest absolute Gasteiger partial charge is 0.464 e. The van der Waals surface area contributed by atoms with Crippen molar-refractivity contribution in [3.63, 3.8) is 0 Å². The summed E-state index contributed by atoms with van der Waals surface area (Å²) in [5, 5.41) is 8.63. The number of ether oxygens (including phenoxy) is 2. The highest BCUT2D eigenvalue weighted by Crippen LogP contribution is 2.52. The number of carbonyl (C=O) groups is 3. The van der Waals surface area contributed by atoms with Crippen molar-refractivity contribution in [3.8, 4) is 22.5 Å². The molecule has 2 saturated heterocycles. The molecule has 5 aliphatic rings. The Kier molecular flexibility index (Phi) is 10.8. The summed E-state index contributed by atoms with van der Waals surface area (Å²) in [6.07, 6.45) is 5.94. The lowest BCUT2D eigenvalue weighted by Gasteiger charge is -2.39. The number of nitrogens with zero attached hydrogens (tertiary/aromatic N) is 6. The number of esters is 1. The fraction of sp³-hybridized carbons (Fsp3) is 0.587. The zero-order valence-corrected chi connectivity index (χ0v) is 37.0. The number of piperazine rings is 1. The van der Waals surface area contributed by atoms with E-state index in [0.717, 1.165) is 107 Å². The lowest BCUT2D eigenvalue weighted by atomic mass is 9.84. The molecule has 3 aromatic heterocycles. The zero-order chi connectivity index (χ0) is 42.1. The molecule has 60 heavy (non-hydrogen) atoms. The zero-order valence-electron chi connectivity index (χ0n) is 36.2. The first kappa shape index (κ1) is 41.0. The van der Waals surface area contributed by atoms with E-state index in [1.54, 1.807) is 12.1 Å². The molecule has 4 fully saturated rings. The molecule has 6 heterocycles. The summed E-state index contributed by atoms with van der Waals surface area (Å²) in [6, 6.07) is 7.38. The number of rotatable bonds is 7. The van der Waals surface area contributed by atoms with Gasteiger partial charge in [0.15, 0.2) is 0 Å². The van der Waals surface area contributed by atoms with Crippen LogP contribution in [-0.4, -0.2) is 108 Å². The van der Waals surface area contributed by atoms with Crippen molar-refractivity contribution in [2.75, 3.05) is 58.4 Å². The van der Waals surface area contributed by atoms with Gasteiger partial charge in [-0.05, 0) is 88.1 Å². The van der Waals surface area contributed by atoms with Crippen LogP contribution in [0.2, 0.25) is 0 Å². The number of amides is 2. The van der Waals surface area contributed by atoms with Crippen molar-refractivity contribution >= 4 is 45.7 Å². The summed E-state index contributed by atoms with van der Waals surface area (Å²) in [5.74, 6) is -0.493. The van der Waals surface area contributed by atoms with E-state index in [2.05, 4.69) is 96.4 Å². The molecule has 2 N–H and O–H groups in total. The average Bonchev–Trinajstić information content (AvgIpc) is 4.08. The second-order valence-corrected chi connectivity index (χ2v) is 20.0. The Hall–Kier alpha value is -4.37. The average molecular weight is 837 g/mol. The van der Waals surface area contributed by atoms with Crippen LogP contribution in [0.5, 0.6) is 0 Å². The number of likely N-dealkylation sites (N-methyl/N-ethyl adjacent to an activating group) is 1. The smallest absolute Gasteiger partial charge is 0.325 e. The van der Waals surface area contributed by atoms with Gasteiger partial charge in [-0.2, -0.15) is 0 Å². The van der Waals surface area contributed by atoms with Crippen LogP contribution < -0.4 is 15.6 Å². The van der Waals surface area contributed by atoms with Gasteiger partial charge >= 0.3 is 5.97 Å². The standard InChI is InChI=1S/C46H60N8O5S/c1-8-53-38-10-9-29-18-32(38)34(41(53)33-19-30(23-47-40(33)28(3)58-7)52-15-13-51(6)14-16-52)21-45(4,5)26-59-44(57)36-22-46(11-12-46)25-54(50-36)43(56)35(20-39-48-37(29)24-60-39)49-42(55)31-17-27(31)2/h9-10,18-19,23-24,27-28,31,35-36,50H,8,11-17,20-22,25-26H2,1-7H3,(H,49,55)/t27-,28-,31-,35-,36-/m0/s1. The summed E-state index contributed by atoms with van der Waals surface area (Å²) >= 11 is 1.51. The number of pyridine rings is 1. The van der Waals surface area contributed by atoms with Crippen LogP contribution in [0.1, 0.15) is 82.7 Å². The van der Waals surface area contributed by atoms with Crippen LogP contribution in [-0.2, 0) is 43.2 Å². The van der Waals surface area contributed by atoms with Crippen LogP contribution in [0.25, 0.3) is 33.4 Å². The van der Waals surface area contributed by atoms with Gasteiger partial charge in [0.2, 0.25) is 5.91 Å². The third kappa shape index (κ3) is 7.96. The number of fused-ring (bicyclic) bond motifs is 6. The monoisotopic (exact) mass is 836 g/mol. The van der Waals surface area contributed by atoms with Crippen molar-refractivity contribution in [3.05, 3.63) is 52.1 Å². The molecule has 320 valence electrons. The Morgan fingerprint density at radius 1 is 1.15 bits per heavy atom. The normalized spacial score (nSPS) is 25.9. The Bertz CT molecular complexity index is 2310. The number of benzene rings is 1. The summed E-state index contributed by atoms with van der Waals surface area (Å²) in [7, 11) is 3.90. The number of hydrogen-bond acceptors (Lipinski definition) is 11. The van der Waals surface area contributed by atoms with Gasteiger partial charge < -0.3 is 29.2 Å². The van der Waals surface area contributed by atoms with Gasteiger partial charge in [-0.25, -0.2) is 10.4 Å². The van der Waals surface area contributed by atoms with Gasteiger partial charge in [-0.3, -0.25) is 24.4 Å². The number of nitrogens with one attached hydrogen (secondary N) is 2. The number of aryl methyl sites for hydroxylation is 1. The van der Waals surface area contributed by atoms with Crippen LogP contribution in [0.4, 0.5) is 5.69 Å². The highest BCUT2D eigenvalue weighted by atomic mass is 32.1. The highest BCUT2D eigenvalue weighted by molar-refractivity contribution is 7.10.